The molecule has 0 aliphatic rings. The van der Waals surface area contributed by atoms with Gasteiger partial charge in [-0.25, -0.2) is 8.42 Å². The smallest absolute Gasteiger partial charge is 0.269 e. The highest BCUT2D eigenvalue weighted by molar-refractivity contribution is 7.89. The lowest BCUT2D eigenvalue weighted by Gasteiger charge is -2.17. The van der Waals surface area contributed by atoms with Crippen LogP contribution in [0.4, 0.5) is 5.69 Å². The summed E-state index contributed by atoms with van der Waals surface area (Å²) in [4.78, 5) is 10.4. The number of hydrogen-bond acceptors (Lipinski definition) is 5. The third-order valence-corrected chi connectivity index (χ3v) is 8.54. The van der Waals surface area contributed by atoms with Crippen molar-refractivity contribution >= 4 is 26.6 Å². The molecule has 0 fully saturated rings. The maximum atomic E-state index is 13.6. The van der Waals surface area contributed by atoms with Gasteiger partial charge in [0.2, 0.25) is 10.0 Å². The van der Waals surface area contributed by atoms with Crippen molar-refractivity contribution in [2.24, 2.45) is 0 Å². The lowest BCUT2D eigenvalue weighted by Crippen LogP contribution is -2.32. The molecular formula is C34H27N3O5S. The van der Waals surface area contributed by atoms with Crippen LogP contribution in [-0.4, -0.2) is 42.4 Å². The van der Waals surface area contributed by atoms with Gasteiger partial charge in [0.05, 0.1) is 35.7 Å². The second-order valence-electron chi connectivity index (χ2n) is 9.52. The number of hydrogen-bond donors (Lipinski definition) is 0. The number of nitrogens with zero attached hydrogens (tertiary/aromatic N) is 3. The zero-order valence-corrected chi connectivity index (χ0v) is 24.1. The maximum absolute atomic E-state index is 13.6. The van der Waals surface area contributed by atoms with Crippen molar-refractivity contribution in [3.05, 3.63) is 136 Å². The molecule has 0 saturated heterocycles. The summed E-state index contributed by atoms with van der Waals surface area (Å²) in [6, 6.07) is 31.9. The number of ether oxygens (including phenoxy) is 1. The van der Waals surface area contributed by atoms with Crippen molar-refractivity contribution in [2.45, 2.75) is 11.4 Å². The first-order valence-electron chi connectivity index (χ1n) is 13.3. The van der Waals surface area contributed by atoms with Crippen LogP contribution in [0.1, 0.15) is 16.8 Å². The molecule has 5 rings (SSSR count). The predicted octanol–water partition coefficient (Wildman–Crippen LogP) is 5.70. The molecule has 0 unspecified atom stereocenters. The van der Waals surface area contributed by atoms with E-state index in [4.69, 9.17) is 4.74 Å². The molecule has 0 spiro atoms. The summed E-state index contributed by atoms with van der Waals surface area (Å²) in [5.74, 6) is 12.8. The molecule has 0 aliphatic carbocycles. The van der Waals surface area contributed by atoms with E-state index in [9.17, 15) is 18.5 Å². The van der Waals surface area contributed by atoms with E-state index in [2.05, 4.69) is 28.2 Å². The second kappa shape index (κ2) is 13.1. The van der Waals surface area contributed by atoms with Crippen LogP contribution in [-0.2, 0) is 16.6 Å². The highest BCUT2D eigenvalue weighted by atomic mass is 32.2. The number of aromatic nitrogens is 1. The minimum absolute atomic E-state index is 0.0793. The van der Waals surface area contributed by atoms with Gasteiger partial charge in [-0.2, -0.15) is 4.31 Å². The number of para-hydroxylation sites is 1. The zero-order valence-electron chi connectivity index (χ0n) is 23.3. The number of nitro benzene ring substituents is 1. The Bertz CT molecular complexity index is 1980. The van der Waals surface area contributed by atoms with E-state index in [-0.39, 0.29) is 23.7 Å². The highest BCUT2D eigenvalue weighted by Crippen LogP contribution is 2.22. The van der Waals surface area contributed by atoms with Gasteiger partial charge in [-0.1, -0.05) is 66.3 Å². The van der Waals surface area contributed by atoms with E-state index in [0.717, 1.165) is 22.2 Å². The summed E-state index contributed by atoms with van der Waals surface area (Å²) in [5.41, 5.74) is 3.39. The number of methoxy groups -OCH3 is 1. The van der Waals surface area contributed by atoms with Gasteiger partial charge >= 0.3 is 0 Å². The summed E-state index contributed by atoms with van der Waals surface area (Å²) >= 11 is 0. The summed E-state index contributed by atoms with van der Waals surface area (Å²) in [5, 5.41) is 12.1. The summed E-state index contributed by atoms with van der Waals surface area (Å²) in [6.07, 6.45) is 0. The topological polar surface area (TPSA) is 94.7 Å². The minimum Gasteiger partial charge on any atom is -0.497 e. The molecule has 5 aromatic rings. The third kappa shape index (κ3) is 6.94. The quantitative estimate of drug-likeness (QED) is 0.132. The molecule has 0 radical (unpaired) electrons. The molecule has 8 nitrogen and oxygen atoms in total. The average molecular weight is 590 g/mol. The molecule has 0 saturated carbocycles. The Balaban J connectivity index is 1.46. The lowest BCUT2D eigenvalue weighted by molar-refractivity contribution is -0.384. The molecule has 0 atom stereocenters. The molecule has 0 bridgehead atoms. The third-order valence-electron chi connectivity index (χ3n) is 6.73. The summed E-state index contributed by atoms with van der Waals surface area (Å²) in [7, 11) is -2.49. The Hall–Kier alpha value is -5.35. The summed E-state index contributed by atoms with van der Waals surface area (Å²) < 4.78 is 35.7. The number of fused-ring (bicyclic) bond motifs is 1. The SMILES string of the molecule is COc1ccc(C#CCN(CC#Cc2cc3ccccc3n2Cc2ccccc2)S(=O)(=O)c2ccc([N+](=O)[O-])cc2)cc1. The molecule has 0 amide bonds. The standard InChI is InChI=1S/C34H27N3O5S/c1-42-32-19-15-27(16-20-32)11-7-23-35(43(40,41)33-21-17-30(18-22-33)37(38)39)24-8-13-31-25-29-12-5-6-14-34(29)36(31)26-28-9-3-2-4-10-28/h2-6,9-10,12,14-22,25H,23-24,26H2,1H3. The lowest BCUT2D eigenvalue weighted by atomic mass is 10.2. The number of benzene rings is 4. The largest absolute Gasteiger partial charge is 0.497 e. The summed E-state index contributed by atoms with van der Waals surface area (Å²) in [6.45, 7) is 0.340. The van der Waals surface area contributed by atoms with Crippen molar-refractivity contribution in [2.75, 3.05) is 20.2 Å². The van der Waals surface area contributed by atoms with Gasteiger partial charge in [-0.15, -0.1) is 0 Å². The van der Waals surface area contributed by atoms with Gasteiger partial charge < -0.3 is 9.30 Å². The van der Waals surface area contributed by atoms with Crippen LogP contribution in [0.15, 0.2) is 114 Å². The molecule has 4 aromatic carbocycles. The Kier molecular flexibility index (Phi) is 8.88. The Morgan fingerprint density at radius 3 is 2.16 bits per heavy atom. The Morgan fingerprint density at radius 1 is 0.837 bits per heavy atom. The number of nitro groups is 1. The van der Waals surface area contributed by atoms with Crippen molar-refractivity contribution in [3.63, 3.8) is 0 Å². The first kappa shape index (κ1) is 29.2. The van der Waals surface area contributed by atoms with Crippen molar-refractivity contribution in [1.29, 1.82) is 0 Å². The first-order chi connectivity index (χ1) is 20.8. The van der Waals surface area contributed by atoms with E-state index >= 15 is 0 Å². The van der Waals surface area contributed by atoms with Crippen LogP contribution in [0.3, 0.4) is 0 Å². The van der Waals surface area contributed by atoms with Gasteiger partial charge in [-0.3, -0.25) is 10.1 Å². The van der Waals surface area contributed by atoms with Crippen molar-refractivity contribution in [1.82, 2.24) is 8.87 Å². The van der Waals surface area contributed by atoms with E-state index in [0.29, 0.717) is 17.9 Å². The Morgan fingerprint density at radius 2 is 1.49 bits per heavy atom. The van der Waals surface area contributed by atoms with E-state index in [1.54, 1.807) is 31.4 Å². The fourth-order valence-corrected chi connectivity index (χ4v) is 5.73. The fraction of sp³-hybridized carbons (Fsp3) is 0.118. The number of rotatable bonds is 8. The highest BCUT2D eigenvalue weighted by Gasteiger charge is 2.24. The molecule has 214 valence electrons. The van der Waals surface area contributed by atoms with E-state index < -0.39 is 14.9 Å². The van der Waals surface area contributed by atoms with Crippen LogP contribution in [0.5, 0.6) is 5.75 Å². The monoisotopic (exact) mass is 589 g/mol. The van der Waals surface area contributed by atoms with Gasteiger partial charge in [0, 0.05) is 35.1 Å². The Labute approximate surface area is 250 Å². The average Bonchev–Trinajstić information content (AvgIpc) is 3.37. The number of non-ortho nitro benzene ring substituents is 1. The van der Waals surface area contributed by atoms with Crippen LogP contribution in [0, 0.1) is 33.8 Å². The second-order valence-corrected chi connectivity index (χ2v) is 11.5. The van der Waals surface area contributed by atoms with E-state index in [1.165, 1.54) is 28.6 Å². The molecular weight excluding hydrogens is 562 g/mol. The van der Waals surface area contributed by atoms with Gasteiger partial charge in [0.25, 0.3) is 5.69 Å². The first-order valence-corrected chi connectivity index (χ1v) is 14.8. The molecule has 9 heteroatoms. The van der Waals surface area contributed by atoms with Gasteiger partial charge in [0.1, 0.15) is 5.75 Å². The maximum Gasteiger partial charge on any atom is 0.269 e. The molecule has 0 aliphatic heterocycles. The van der Waals surface area contributed by atoms with Crippen molar-refractivity contribution < 1.29 is 18.1 Å². The van der Waals surface area contributed by atoms with Gasteiger partial charge in [0.15, 0.2) is 0 Å². The van der Waals surface area contributed by atoms with E-state index in [1.807, 2.05) is 60.7 Å². The van der Waals surface area contributed by atoms with Crippen LogP contribution < -0.4 is 4.74 Å². The fourth-order valence-electron chi connectivity index (χ4n) is 4.49. The minimum atomic E-state index is -4.07. The number of sulfonamides is 1. The molecule has 1 heterocycles. The van der Waals surface area contributed by atoms with Crippen molar-refractivity contribution in [3.8, 4) is 29.4 Å². The molecule has 43 heavy (non-hydrogen) atoms. The van der Waals surface area contributed by atoms with Gasteiger partial charge in [-0.05, 0) is 60.0 Å². The normalized spacial score (nSPS) is 10.9. The van der Waals surface area contributed by atoms with Crippen LogP contribution in [0.25, 0.3) is 10.9 Å². The van der Waals surface area contributed by atoms with Crippen LogP contribution in [0.2, 0.25) is 0 Å². The predicted molar refractivity (Wildman–Crippen MR) is 166 cm³/mol. The molecule has 1 aromatic heterocycles. The van der Waals surface area contributed by atoms with Crippen LogP contribution >= 0.6 is 0 Å². The molecule has 0 N–H and O–H groups in total. The zero-order chi connectivity index (χ0) is 30.2.